The van der Waals surface area contributed by atoms with Gasteiger partial charge in [-0.3, -0.25) is 9.59 Å². The van der Waals surface area contributed by atoms with Gasteiger partial charge in [0, 0.05) is 41.3 Å². The number of carboxylic acid groups (broad SMARTS) is 1. The number of nitrogens with zero attached hydrogens (tertiary/aromatic N) is 3. The third kappa shape index (κ3) is 6.89. The average molecular weight is 725 g/mol. The van der Waals surface area contributed by atoms with Crippen LogP contribution in [0.15, 0.2) is 66.1 Å². The third-order valence-electron chi connectivity index (χ3n) is 10.3. The molecule has 2 aromatic heterocycles. The Hall–Kier alpha value is -4.81. The number of carbonyl (C=O) groups is 3. The summed E-state index contributed by atoms with van der Waals surface area (Å²) in [6.07, 6.45) is 5.06. The largest absolute Gasteiger partial charge is 0.496 e. The maximum absolute atomic E-state index is 14.5. The van der Waals surface area contributed by atoms with E-state index in [9.17, 15) is 19.5 Å². The first-order valence-electron chi connectivity index (χ1n) is 17.9. The molecule has 1 aliphatic carbocycles. The van der Waals surface area contributed by atoms with Crippen LogP contribution in [0.3, 0.4) is 0 Å². The number of aryl methyl sites for hydroxylation is 1. The number of benzene rings is 2. The summed E-state index contributed by atoms with van der Waals surface area (Å²) < 4.78 is 18.7. The van der Waals surface area contributed by atoms with E-state index >= 15 is 0 Å². The zero-order chi connectivity index (χ0) is 36.6. The van der Waals surface area contributed by atoms with E-state index < -0.39 is 35.7 Å². The fourth-order valence-electron chi connectivity index (χ4n) is 7.21. The lowest BCUT2D eigenvalue weighted by molar-refractivity contribution is -0.150. The third-order valence-corrected chi connectivity index (χ3v) is 11.2. The quantitative estimate of drug-likeness (QED) is 0.202. The number of pyridine rings is 1. The average Bonchev–Trinajstić information content (AvgIpc) is 3.43. The first kappa shape index (κ1) is 35.6. The van der Waals surface area contributed by atoms with Crippen LogP contribution in [0.25, 0.3) is 21.6 Å². The van der Waals surface area contributed by atoms with Crippen LogP contribution in [0.4, 0.5) is 0 Å². The van der Waals surface area contributed by atoms with Crippen LogP contribution in [0.2, 0.25) is 0 Å². The summed E-state index contributed by atoms with van der Waals surface area (Å²) in [4.78, 5) is 52.6. The molecular formula is C40H44N4O7S. The molecule has 12 heteroatoms. The van der Waals surface area contributed by atoms with Gasteiger partial charge in [0.2, 0.25) is 5.91 Å². The van der Waals surface area contributed by atoms with Crippen LogP contribution < -0.4 is 14.8 Å². The van der Waals surface area contributed by atoms with Crippen molar-refractivity contribution in [3.05, 3.63) is 82.9 Å². The predicted octanol–water partition coefficient (Wildman–Crippen LogP) is 6.60. The maximum atomic E-state index is 14.5. The number of methoxy groups -OCH3 is 1. The molecule has 0 radical (unpaired) electrons. The molecule has 7 rings (SSSR count). The Bertz CT molecular complexity index is 2010. The van der Waals surface area contributed by atoms with Gasteiger partial charge in [0.25, 0.3) is 5.91 Å². The van der Waals surface area contributed by atoms with Crippen molar-refractivity contribution < 1.29 is 33.7 Å². The van der Waals surface area contributed by atoms with Crippen molar-refractivity contribution >= 4 is 40.0 Å². The fourth-order valence-corrected chi connectivity index (χ4v) is 8.15. The molecule has 2 N–H and O–H groups in total. The number of amides is 2. The number of thiazole rings is 1. The highest BCUT2D eigenvalue weighted by Gasteiger charge is 2.61. The van der Waals surface area contributed by atoms with Crippen molar-refractivity contribution in [3.8, 4) is 22.2 Å². The van der Waals surface area contributed by atoms with Crippen molar-refractivity contribution in [2.45, 2.75) is 82.6 Å². The van der Waals surface area contributed by atoms with Crippen molar-refractivity contribution in [1.82, 2.24) is 20.2 Å². The lowest BCUT2D eigenvalue weighted by atomic mass is 10.1. The second kappa shape index (κ2) is 14.7. The molecule has 2 aliphatic heterocycles. The van der Waals surface area contributed by atoms with Crippen LogP contribution in [0.5, 0.6) is 11.5 Å². The summed E-state index contributed by atoms with van der Waals surface area (Å²) in [5.74, 6) is -0.824. The summed E-state index contributed by atoms with van der Waals surface area (Å²) in [5.41, 5.74) is 2.43. The van der Waals surface area contributed by atoms with Gasteiger partial charge in [-0.15, -0.1) is 11.3 Å². The minimum absolute atomic E-state index is 0.0933. The Morgan fingerprint density at radius 2 is 1.92 bits per heavy atom. The summed E-state index contributed by atoms with van der Waals surface area (Å²) in [6, 6.07) is 13.9. The van der Waals surface area contributed by atoms with E-state index in [4.69, 9.17) is 24.2 Å². The summed E-state index contributed by atoms with van der Waals surface area (Å²) in [6.45, 7) is 6.58. The molecule has 1 saturated carbocycles. The minimum atomic E-state index is -1.41. The molecule has 52 heavy (non-hydrogen) atoms. The second-order valence-corrected chi connectivity index (χ2v) is 15.0. The minimum Gasteiger partial charge on any atom is -0.496 e. The summed E-state index contributed by atoms with van der Waals surface area (Å²) >= 11 is 1.51. The van der Waals surface area contributed by atoms with Crippen LogP contribution in [0.1, 0.15) is 74.8 Å². The lowest BCUT2D eigenvalue weighted by Gasteiger charge is -2.29. The molecule has 2 amide bonds. The molecule has 3 aliphatic rings. The second-order valence-electron chi connectivity index (χ2n) is 14.2. The molecule has 2 aromatic carbocycles. The molecule has 5 atom stereocenters. The van der Waals surface area contributed by atoms with E-state index in [1.165, 1.54) is 16.2 Å². The fraction of sp³-hybridized carbons (Fsp3) is 0.425. The molecule has 2 fully saturated rings. The highest BCUT2D eigenvalue weighted by atomic mass is 32.1. The van der Waals surface area contributed by atoms with Gasteiger partial charge in [-0.2, -0.15) is 0 Å². The van der Waals surface area contributed by atoms with Crippen LogP contribution in [-0.4, -0.2) is 75.7 Å². The zero-order valence-electron chi connectivity index (χ0n) is 29.8. The number of rotatable bonds is 7. The molecule has 4 heterocycles. The first-order chi connectivity index (χ1) is 25.1. The number of nitrogens with one attached hydrogen (secondary N) is 1. The van der Waals surface area contributed by atoms with E-state index in [0.29, 0.717) is 41.3 Å². The molecular weight excluding hydrogens is 681 g/mol. The Balaban J connectivity index is 1.26. The predicted molar refractivity (Wildman–Crippen MR) is 198 cm³/mol. The number of ether oxygens (including phenoxy) is 3. The van der Waals surface area contributed by atoms with Crippen molar-refractivity contribution in [2.24, 2.45) is 5.92 Å². The van der Waals surface area contributed by atoms with E-state index in [-0.39, 0.29) is 30.7 Å². The zero-order valence-corrected chi connectivity index (χ0v) is 30.7. The monoisotopic (exact) mass is 724 g/mol. The van der Waals surface area contributed by atoms with Gasteiger partial charge in [-0.25, -0.2) is 14.8 Å². The van der Waals surface area contributed by atoms with E-state index in [1.54, 1.807) is 7.11 Å². The van der Waals surface area contributed by atoms with Gasteiger partial charge in [-0.05, 0) is 56.2 Å². The highest BCUT2D eigenvalue weighted by Crippen LogP contribution is 2.46. The standard InChI is InChI=1S/C40H44N4O7S/c1-23(2)30-22-52-37(42-30)29-19-33(28-15-16-32(49-4)24(3)34(28)41-29)51-27-18-31-36(45)43-40(39(47)48)20-26(40)14-10-5-6-11-17-50-35(38(46)44(31)21-27)25-12-8-7-9-13-25/h7-10,12-16,19,22-23,26-27,31,35H,5-6,11,17-18,20-21H2,1-4H3,(H,43,45)(H,47,48)/b14-10-/t26-,27-,31+,35-,40-/m1/s1. The van der Waals surface area contributed by atoms with E-state index in [1.807, 2.05) is 73.0 Å². The number of carboxylic acids is 1. The number of allylic oxidation sites excluding steroid dienone is 1. The van der Waals surface area contributed by atoms with Crippen LogP contribution >= 0.6 is 11.3 Å². The van der Waals surface area contributed by atoms with Crippen molar-refractivity contribution in [1.29, 1.82) is 0 Å². The van der Waals surface area contributed by atoms with Gasteiger partial charge in [0.05, 0.1) is 24.9 Å². The Kier molecular flexibility index (Phi) is 10.0. The molecule has 0 bridgehead atoms. The summed E-state index contributed by atoms with van der Waals surface area (Å²) in [5, 5.41) is 16.6. The SMILES string of the molecule is COc1ccc2c(O[C@@H]3C[C@H]4C(=O)N[C@]5(C(=O)O)C[C@H]5/C=C\CCCCO[C@H](c5ccccc5)C(=O)N4C3)cc(-c3nc(C(C)C)cs3)nc2c1C. The number of carbonyl (C=O) groups excluding carboxylic acids is 2. The van der Waals surface area contributed by atoms with Gasteiger partial charge in [-0.1, -0.05) is 56.3 Å². The maximum Gasteiger partial charge on any atom is 0.330 e. The van der Waals surface area contributed by atoms with Crippen molar-refractivity contribution in [2.75, 3.05) is 20.3 Å². The highest BCUT2D eigenvalue weighted by molar-refractivity contribution is 7.13. The molecule has 0 unspecified atom stereocenters. The van der Waals surface area contributed by atoms with Gasteiger partial charge >= 0.3 is 5.97 Å². The Labute approximate surface area is 307 Å². The van der Waals surface area contributed by atoms with Crippen LogP contribution in [0, 0.1) is 12.8 Å². The smallest absolute Gasteiger partial charge is 0.330 e. The van der Waals surface area contributed by atoms with Crippen molar-refractivity contribution in [3.63, 3.8) is 0 Å². The van der Waals surface area contributed by atoms with Crippen LogP contribution in [-0.2, 0) is 19.1 Å². The molecule has 0 spiro atoms. The molecule has 4 aromatic rings. The van der Waals surface area contributed by atoms with Gasteiger partial charge < -0.3 is 29.5 Å². The number of fused-ring (bicyclic) bond motifs is 3. The van der Waals surface area contributed by atoms with E-state index in [0.717, 1.165) is 40.9 Å². The molecule has 272 valence electrons. The Morgan fingerprint density at radius 3 is 2.65 bits per heavy atom. The van der Waals surface area contributed by atoms with Gasteiger partial charge in [0.1, 0.15) is 39.9 Å². The first-order valence-corrected chi connectivity index (χ1v) is 18.8. The molecule has 11 nitrogen and oxygen atoms in total. The number of hydrogen-bond donors (Lipinski definition) is 2. The molecule has 1 saturated heterocycles. The van der Waals surface area contributed by atoms with E-state index in [2.05, 4.69) is 19.2 Å². The normalized spacial score (nSPS) is 25.8. The number of hydrogen-bond acceptors (Lipinski definition) is 9. The topological polar surface area (TPSA) is 140 Å². The lowest BCUT2D eigenvalue weighted by Crippen LogP contribution is -2.53. The number of aromatic nitrogens is 2. The number of aliphatic carboxylic acids is 1. The Morgan fingerprint density at radius 1 is 1.12 bits per heavy atom. The summed E-state index contributed by atoms with van der Waals surface area (Å²) in [7, 11) is 1.62. The van der Waals surface area contributed by atoms with Gasteiger partial charge in [0.15, 0.2) is 6.10 Å².